The third kappa shape index (κ3) is 3.06. The maximum absolute atomic E-state index is 11.2. The van der Waals surface area contributed by atoms with Crippen molar-refractivity contribution in [1.29, 1.82) is 0 Å². The molecule has 0 fully saturated rings. The number of benzene rings is 2. The van der Waals surface area contributed by atoms with Crippen LogP contribution in [0.3, 0.4) is 0 Å². The van der Waals surface area contributed by atoms with Crippen molar-refractivity contribution < 1.29 is 14.6 Å². The van der Waals surface area contributed by atoms with Crippen molar-refractivity contribution in [3.8, 4) is 22.8 Å². The Hall–Kier alpha value is -3.15. The number of rotatable bonds is 5. The van der Waals surface area contributed by atoms with Gasteiger partial charge in [-0.1, -0.05) is 30.3 Å². The Balaban J connectivity index is 2.08. The lowest BCUT2D eigenvalue weighted by atomic mass is 10.2. The van der Waals surface area contributed by atoms with E-state index in [9.17, 15) is 9.90 Å². The molecular weight excluding hydrogens is 294 g/mol. The van der Waals surface area contributed by atoms with Crippen molar-refractivity contribution in [1.82, 2.24) is 14.8 Å². The second-order valence-corrected chi connectivity index (χ2v) is 4.77. The highest BCUT2D eigenvalue weighted by Gasteiger charge is 2.17. The molecule has 23 heavy (non-hydrogen) atoms. The lowest BCUT2D eigenvalue weighted by molar-refractivity contribution is 0.0683. The number of carbonyl (C=O) groups is 1. The van der Waals surface area contributed by atoms with Gasteiger partial charge in [0.25, 0.3) is 5.82 Å². The van der Waals surface area contributed by atoms with Gasteiger partial charge in [0.1, 0.15) is 5.75 Å². The molecule has 1 N–H and O–H groups in total. The summed E-state index contributed by atoms with van der Waals surface area (Å²) in [4.78, 5) is 15.3. The summed E-state index contributed by atoms with van der Waals surface area (Å²) in [5.41, 5.74) is 1.51. The Kier molecular flexibility index (Phi) is 4.05. The van der Waals surface area contributed by atoms with E-state index in [4.69, 9.17) is 4.74 Å². The summed E-state index contributed by atoms with van der Waals surface area (Å²) in [6.07, 6.45) is 0. The van der Waals surface area contributed by atoms with E-state index in [1.807, 2.05) is 61.5 Å². The van der Waals surface area contributed by atoms with E-state index < -0.39 is 5.97 Å². The van der Waals surface area contributed by atoms with E-state index >= 15 is 0 Å². The summed E-state index contributed by atoms with van der Waals surface area (Å²) in [6, 6.07) is 16.6. The molecule has 0 amide bonds. The zero-order chi connectivity index (χ0) is 16.2. The van der Waals surface area contributed by atoms with Gasteiger partial charge in [-0.05, 0) is 31.2 Å². The number of aromatic nitrogens is 3. The van der Waals surface area contributed by atoms with Gasteiger partial charge in [-0.2, -0.15) is 0 Å². The third-order valence-electron chi connectivity index (χ3n) is 3.22. The van der Waals surface area contributed by atoms with E-state index in [2.05, 4.69) is 10.1 Å². The summed E-state index contributed by atoms with van der Waals surface area (Å²) in [7, 11) is 0. The van der Waals surface area contributed by atoms with Gasteiger partial charge in [0.15, 0.2) is 5.82 Å². The van der Waals surface area contributed by atoms with Gasteiger partial charge < -0.3 is 9.84 Å². The molecule has 0 spiro atoms. The van der Waals surface area contributed by atoms with Crippen molar-refractivity contribution in [2.45, 2.75) is 6.92 Å². The minimum absolute atomic E-state index is 0.238. The molecule has 0 bridgehead atoms. The van der Waals surface area contributed by atoms with E-state index in [0.717, 1.165) is 11.3 Å². The van der Waals surface area contributed by atoms with Crippen molar-refractivity contribution in [2.24, 2.45) is 0 Å². The first-order valence-corrected chi connectivity index (χ1v) is 7.18. The van der Waals surface area contributed by atoms with Gasteiger partial charge >= 0.3 is 5.97 Å². The highest BCUT2D eigenvalue weighted by molar-refractivity contribution is 5.84. The van der Waals surface area contributed by atoms with Gasteiger partial charge in [-0.3, -0.25) is 0 Å². The Morgan fingerprint density at radius 1 is 1.13 bits per heavy atom. The van der Waals surface area contributed by atoms with Gasteiger partial charge in [0.05, 0.1) is 12.3 Å². The number of hydrogen-bond donors (Lipinski definition) is 1. The quantitative estimate of drug-likeness (QED) is 0.784. The zero-order valence-corrected chi connectivity index (χ0v) is 12.5. The van der Waals surface area contributed by atoms with E-state index in [1.54, 1.807) is 0 Å². The standard InChI is InChI=1S/C17H15N3O3/c1-2-23-14-10-8-13(9-11-14)20-16(12-6-4-3-5-7-12)18-15(19-20)17(21)22/h3-11H,2H2,1H3,(H,21,22). The molecule has 1 heterocycles. The largest absolute Gasteiger partial charge is 0.494 e. The number of carboxylic acid groups (broad SMARTS) is 1. The molecule has 116 valence electrons. The van der Waals surface area contributed by atoms with E-state index in [1.165, 1.54) is 4.68 Å². The van der Waals surface area contributed by atoms with Gasteiger partial charge in [0, 0.05) is 5.56 Å². The molecule has 6 nitrogen and oxygen atoms in total. The predicted molar refractivity (Wildman–Crippen MR) is 84.9 cm³/mol. The van der Waals surface area contributed by atoms with Crippen LogP contribution in [-0.4, -0.2) is 32.4 Å². The summed E-state index contributed by atoms with van der Waals surface area (Å²) >= 11 is 0. The fourth-order valence-electron chi connectivity index (χ4n) is 2.21. The highest BCUT2D eigenvalue weighted by atomic mass is 16.5. The molecule has 0 saturated heterocycles. The van der Waals surface area contributed by atoms with Crippen LogP contribution in [0.1, 0.15) is 17.5 Å². The molecule has 0 aliphatic rings. The van der Waals surface area contributed by atoms with Gasteiger partial charge in [-0.25, -0.2) is 14.5 Å². The number of aromatic carboxylic acids is 1. The predicted octanol–water partition coefficient (Wildman–Crippen LogP) is 3.03. The molecule has 3 aromatic rings. The van der Waals surface area contributed by atoms with Crippen molar-refractivity contribution >= 4 is 5.97 Å². The normalized spacial score (nSPS) is 10.5. The molecule has 0 unspecified atom stereocenters. The molecular formula is C17H15N3O3. The van der Waals surface area contributed by atoms with Crippen LogP contribution >= 0.6 is 0 Å². The third-order valence-corrected chi connectivity index (χ3v) is 3.22. The Morgan fingerprint density at radius 2 is 1.83 bits per heavy atom. The van der Waals surface area contributed by atoms with Crippen molar-refractivity contribution in [3.63, 3.8) is 0 Å². The average molecular weight is 309 g/mol. The fraction of sp³-hybridized carbons (Fsp3) is 0.118. The van der Waals surface area contributed by atoms with E-state index in [-0.39, 0.29) is 5.82 Å². The molecule has 1 aromatic heterocycles. The van der Waals surface area contributed by atoms with Gasteiger partial charge in [0.2, 0.25) is 0 Å². The lowest BCUT2D eigenvalue weighted by Gasteiger charge is -2.07. The van der Waals surface area contributed by atoms with Crippen molar-refractivity contribution in [3.05, 3.63) is 60.4 Å². The molecule has 0 aliphatic carbocycles. The zero-order valence-electron chi connectivity index (χ0n) is 12.5. The topological polar surface area (TPSA) is 77.2 Å². The van der Waals surface area contributed by atoms with Crippen LogP contribution in [0.15, 0.2) is 54.6 Å². The van der Waals surface area contributed by atoms with Crippen LogP contribution in [0.2, 0.25) is 0 Å². The van der Waals surface area contributed by atoms with Crippen LogP contribution in [0, 0.1) is 0 Å². The SMILES string of the molecule is CCOc1ccc(-n2nc(C(=O)O)nc2-c2ccccc2)cc1. The first kappa shape index (κ1) is 14.8. The molecule has 3 rings (SSSR count). The van der Waals surface area contributed by atoms with Crippen LogP contribution in [0.25, 0.3) is 17.1 Å². The second kappa shape index (κ2) is 6.31. The Morgan fingerprint density at radius 3 is 2.43 bits per heavy atom. The number of ether oxygens (including phenoxy) is 1. The monoisotopic (exact) mass is 309 g/mol. The van der Waals surface area contributed by atoms with Crippen LogP contribution in [-0.2, 0) is 0 Å². The summed E-state index contributed by atoms with van der Waals surface area (Å²) < 4.78 is 6.94. The Labute approximate surface area is 133 Å². The maximum Gasteiger partial charge on any atom is 0.375 e. The minimum Gasteiger partial charge on any atom is -0.494 e. The molecule has 0 saturated carbocycles. The summed E-state index contributed by atoms with van der Waals surface area (Å²) in [6.45, 7) is 2.50. The first-order chi connectivity index (χ1) is 11.2. The van der Waals surface area contributed by atoms with E-state index in [0.29, 0.717) is 18.1 Å². The second-order valence-electron chi connectivity index (χ2n) is 4.77. The lowest BCUT2D eigenvalue weighted by Crippen LogP contribution is -2.02. The molecule has 0 radical (unpaired) electrons. The number of nitrogens with zero attached hydrogens (tertiary/aromatic N) is 3. The molecule has 0 atom stereocenters. The van der Waals surface area contributed by atoms with Crippen LogP contribution in [0.4, 0.5) is 0 Å². The minimum atomic E-state index is -1.16. The van der Waals surface area contributed by atoms with Gasteiger partial charge in [-0.15, -0.1) is 5.10 Å². The number of carboxylic acids is 1. The molecule has 0 aliphatic heterocycles. The molecule has 2 aromatic carbocycles. The van der Waals surface area contributed by atoms with Crippen LogP contribution in [0.5, 0.6) is 5.75 Å². The van der Waals surface area contributed by atoms with Crippen LogP contribution < -0.4 is 4.74 Å². The highest BCUT2D eigenvalue weighted by Crippen LogP contribution is 2.22. The summed E-state index contributed by atoms with van der Waals surface area (Å²) in [5.74, 6) is -0.173. The van der Waals surface area contributed by atoms with Crippen molar-refractivity contribution in [2.75, 3.05) is 6.61 Å². The molecule has 6 heteroatoms. The fourth-order valence-corrected chi connectivity index (χ4v) is 2.21. The number of hydrogen-bond acceptors (Lipinski definition) is 4. The smallest absolute Gasteiger partial charge is 0.375 e. The average Bonchev–Trinajstić information content (AvgIpc) is 3.02. The maximum atomic E-state index is 11.2. The first-order valence-electron chi connectivity index (χ1n) is 7.18. The Bertz CT molecular complexity index is 811. The summed E-state index contributed by atoms with van der Waals surface area (Å²) in [5, 5.41) is 13.3.